The third-order valence-corrected chi connectivity index (χ3v) is 3.16. The number of carbonyl (C=O) groups excluding carboxylic acids is 1. The number of aliphatic hydroxyl groups is 1. The highest BCUT2D eigenvalue weighted by atomic mass is 16.5. The van der Waals surface area contributed by atoms with Crippen molar-refractivity contribution in [3.63, 3.8) is 0 Å². The molecule has 21 heavy (non-hydrogen) atoms. The quantitative estimate of drug-likeness (QED) is 0.777. The Hall–Kier alpha value is -1.94. The lowest BCUT2D eigenvalue weighted by atomic mass is 10.2. The predicted octanol–water partition coefficient (Wildman–Crippen LogP) is 0.824. The molecule has 1 aromatic rings. The average Bonchev–Trinajstić information content (AvgIpc) is 2.46. The first-order valence-corrected chi connectivity index (χ1v) is 6.66. The van der Waals surface area contributed by atoms with Crippen molar-refractivity contribution in [2.45, 2.75) is 19.1 Å². The summed E-state index contributed by atoms with van der Waals surface area (Å²) in [5.74, 6) is -0.197. The van der Waals surface area contributed by atoms with Crippen molar-refractivity contribution in [3.05, 3.63) is 29.8 Å². The van der Waals surface area contributed by atoms with E-state index in [-0.39, 0.29) is 12.5 Å². The van der Waals surface area contributed by atoms with E-state index in [2.05, 4.69) is 5.32 Å². The van der Waals surface area contributed by atoms with Crippen molar-refractivity contribution < 1.29 is 14.6 Å². The molecule has 0 fully saturated rings. The van der Waals surface area contributed by atoms with Gasteiger partial charge in [0.1, 0.15) is 0 Å². The standard InChI is InChI=1S/C15H21N3O3/c1-11(18(2)9-14(19)10-21-3)15(20)17-13-6-4-5-12(7-13)8-16/h4-7,11,14,19H,9-10H2,1-3H3,(H,17,20). The number of hydrogen-bond donors (Lipinski definition) is 2. The Kier molecular flexibility index (Phi) is 6.82. The summed E-state index contributed by atoms with van der Waals surface area (Å²) < 4.78 is 4.86. The first kappa shape index (κ1) is 17.1. The molecule has 6 heteroatoms. The van der Waals surface area contributed by atoms with Gasteiger partial charge in [-0.15, -0.1) is 0 Å². The topological polar surface area (TPSA) is 85.6 Å². The van der Waals surface area contributed by atoms with Crippen molar-refractivity contribution in [2.75, 3.05) is 32.6 Å². The van der Waals surface area contributed by atoms with Gasteiger partial charge in [0.25, 0.3) is 0 Å². The van der Waals surface area contributed by atoms with Crippen molar-refractivity contribution in [1.82, 2.24) is 4.90 Å². The van der Waals surface area contributed by atoms with Gasteiger partial charge in [-0.25, -0.2) is 0 Å². The lowest BCUT2D eigenvalue weighted by Gasteiger charge is -2.25. The Morgan fingerprint density at radius 1 is 1.57 bits per heavy atom. The Labute approximate surface area is 124 Å². The van der Waals surface area contributed by atoms with E-state index in [9.17, 15) is 9.90 Å². The SMILES string of the molecule is COCC(O)CN(C)C(C)C(=O)Nc1cccc(C#N)c1. The summed E-state index contributed by atoms with van der Waals surface area (Å²) >= 11 is 0. The molecule has 0 aliphatic carbocycles. The number of carbonyl (C=O) groups is 1. The molecule has 0 saturated carbocycles. The van der Waals surface area contributed by atoms with Crippen molar-refractivity contribution in [1.29, 1.82) is 5.26 Å². The van der Waals surface area contributed by atoms with E-state index in [1.165, 1.54) is 7.11 Å². The maximum Gasteiger partial charge on any atom is 0.241 e. The lowest BCUT2D eigenvalue weighted by molar-refractivity contribution is -0.120. The molecule has 1 amide bonds. The van der Waals surface area contributed by atoms with Crippen LogP contribution in [0.3, 0.4) is 0 Å². The van der Waals surface area contributed by atoms with E-state index < -0.39 is 12.1 Å². The van der Waals surface area contributed by atoms with Gasteiger partial charge in [0.2, 0.25) is 5.91 Å². The van der Waals surface area contributed by atoms with Crippen molar-refractivity contribution in [2.24, 2.45) is 0 Å². The molecule has 1 aromatic carbocycles. The molecule has 0 aliphatic rings. The zero-order chi connectivity index (χ0) is 15.8. The fourth-order valence-electron chi connectivity index (χ4n) is 1.85. The molecule has 2 atom stereocenters. The fraction of sp³-hybridized carbons (Fsp3) is 0.467. The first-order valence-electron chi connectivity index (χ1n) is 6.66. The number of benzene rings is 1. The molecule has 1 rings (SSSR count). The van der Waals surface area contributed by atoms with Crippen LogP contribution in [0.1, 0.15) is 12.5 Å². The molecule has 114 valence electrons. The van der Waals surface area contributed by atoms with Gasteiger partial charge < -0.3 is 15.2 Å². The Morgan fingerprint density at radius 3 is 2.90 bits per heavy atom. The molecular formula is C15H21N3O3. The maximum absolute atomic E-state index is 12.1. The monoisotopic (exact) mass is 291 g/mol. The minimum atomic E-state index is -0.642. The Bertz CT molecular complexity index is 513. The van der Waals surface area contributed by atoms with Crippen LogP contribution >= 0.6 is 0 Å². The first-order chi connectivity index (χ1) is 9.97. The Morgan fingerprint density at radius 2 is 2.29 bits per heavy atom. The summed E-state index contributed by atoms with van der Waals surface area (Å²) in [6, 6.07) is 8.34. The van der Waals surface area contributed by atoms with Crippen molar-refractivity contribution in [3.8, 4) is 6.07 Å². The summed E-state index contributed by atoms with van der Waals surface area (Å²) in [6.07, 6.45) is -0.642. The second-order valence-corrected chi connectivity index (χ2v) is 4.91. The largest absolute Gasteiger partial charge is 0.389 e. The van der Waals surface area contributed by atoms with Crippen LogP contribution in [0, 0.1) is 11.3 Å². The number of hydrogen-bond acceptors (Lipinski definition) is 5. The van der Waals surface area contributed by atoms with E-state index in [0.717, 1.165) is 0 Å². The second kappa shape index (κ2) is 8.37. The van der Waals surface area contributed by atoms with E-state index in [1.807, 2.05) is 6.07 Å². The summed E-state index contributed by atoms with van der Waals surface area (Å²) in [4.78, 5) is 13.9. The minimum Gasteiger partial charge on any atom is -0.389 e. The highest BCUT2D eigenvalue weighted by molar-refractivity contribution is 5.94. The van der Waals surface area contributed by atoms with Gasteiger partial charge in [-0.2, -0.15) is 5.26 Å². The van der Waals surface area contributed by atoms with Crippen LogP contribution in [-0.4, -0.2) is 55.4 Å². The summed E-state index contributed by atoms with van der Waals surface area (Å²) in [7, 11) is 3.27. The molecule has 0 aromatic heterocycles. The highest BCUT2D eigenvalue weighted by Crippen LogP contribution is 2.11. The molecule has 6 nitrogen and oxygen atoms in total. The normalized spacial score (nSPS) is 13.5. The molecule has 0 heterocycles. The fourth-order valence-corrected chi connectivity index (χ4v) is 1.85. The molecule has 0 bridgehead atoms. The number of likely N-dealkylation sites (N-methyl/N-ethyl adjacent to an activating group) is 1. The van der Waals surface area contributed by atoms with Gasteiger partial charge in [0, 0.05) is 19.3 Å². The van der Waals surface area contributed by atoms with Crippen LogP contribution < -0.4 is 5.32 Å². The summed E-state index contributed by atoms with van der Waals surface area (Å²) in [5.41, 5.74) is 1.07. The van der Waals surface area contributed by atoms with Crippen molar-refractivity contribution >= 4 is 11.6 Å². The average molecular weight is 291 g/mol. The lowest BCUT2D eigenvalue weighted by Crippen LogP contribution is -2.44. The van der Waals surface area contributed by atoms with Crippen LogP contribution in [0.5, 0.6) is 0 Å². The summed E-state index contributed by atoms with van der Waals surface area (Å²) in [6.45, 7) is 2.31. The predicted molar refractivity (Wildman–Crippen MR) is 79.8 cm³/mol. The number of ether oxygens (including phenoxy) is 1. The van der Waals surface area contributed by atoms with Crippen LogP contribution in [0.15, 0.2) is 24.3 Å². The summed E-state index contributed by atoms with van der Waals surface area (Å²) in [5, 5.41) is 21.3. The highest BCUT2D eigenvalue weighted by Gasteiger charge is 2.20. The molecule has 0 spiro atoms. The third-order valence-electron chi connectivity index (χ3n) is 3.16. The van der Waals surface area contributed by atoms with Gasteiger partial charge in [-0.3, -0.25) is 9.69 Å². The third kappa shape index (κ3) is 5.52. The zero-order valence-electron chi connectivity index (χ0n) is 12.5. The van der Waals surface area contributed by atoms with Crippen LogP contribution in [0.4, 0.5) is 5.69 Å². The van der Waals surface area contributed by atoms with Crippen LogP contribution in [-0.2, 0) is 9.53 Å². The number of nitriles is 1. The van der Waals surface area contributed by atoms with Gasteiger partial charge in [0.15, 0.2) is 0 Å². The van der Waals surface area contributed by atoms with Gasteiger partial charge in [-0.1, -0.05) is 6.07 Å². The number of nitrogens with one attached hydrogen (secondary N) is 1. The molecule has 2 unspecified atom stereocenters. The zero-order valence-corrected chi connectivity index (χ0v) is 12.5. The number of methoxy groups -OCH3 is 1. The van der Waals surface area contributed by atoms with E-state index in [4.69, 9.17) is 10.00 Å². The van der Waals surface area contributed by atoms with Gasteiger partial charge >= 0.3 is 0 Å². The van der Waals surface area contributed by atoms with E-state index >= 15 is 0 Å². The van der Waals surface area contributed by atoms with Crippen LogP contribution in [0.25, 0.3) is 0 Å². The maximum atomic E-state index is 12.1. The Balaban J connectivity index is 2.59. The number of amides is 1. The molecular weight excluding hydrogens is 270 g/mol. The molecule has 0 aliphatic heterocycles. The second-order valence-electron chi connectivity index (χ2n) is 4.91. The number of rotatable bonds is 7. The minimum absolute atomic E-state index is 0.197. The number of aliphatic hydroxyl groups excluding tert-OH is 1. The smallest absolute Gasteiger partial charge is 0.241 e. The van der Waals surface area contributed by atoms with E-state index in [0.29, 0.717) is 17.8 Å². The van der Waals surface area contributed by atoms with E-state index in [1.54, 1.807) is 43.1 Å². The van der Waals surface area contributed by atoms with Gasteiger partial charge in [0.05, 0.1) is 30.4 Å². The molecule has 2 N–H and O–H groups in total. The number of nitrogens with zero attached hydrogens (tertiary/aromatic N) is 2. The molecule has 0 radical (unpaired) electrons. The number of anilines is 1. The molecule has 0 saturated heterocycles. The van der Waals surface area contributed by atoms with Gasteiger partial charge in [-0.05, 0) is 32.2 Å². The van der Waals surface area contributed by atoms with Crippen LogP contribution in [0.2, 0.25) is 0 Å².